The van der Waals surface area contributed by atoms with Crippen molar-refractivity contribution in [2.45, 2.75) is 24.7 Å². The molecule has 0 atom stereocenters. The third-order valence-electron chi connectivity index (χ3n) is 3.38. The van der Waals surface area contributed by atoms with Crippen LogP contribution in [0, 0.1) is 0 Å². The molecule has 0 aliphatic rings. The number of amides is 2. The molecule has 140 valence electrons. The molecular weight excluding hydrogens is 360 g/mol. The van der Waals surface area contributed by atoms with Gasteiger partial charge in [-0.2, -0.15) is 9.97 Å². The lowest BCUT2D eigenvalue weighted by molar-refractivity contribution is 0.256. The Labute approximate surface area is 151 Å². The number of nitrogens with one attached hydrogen (secondary N) is 2. The highest BCUT2D eigenvalue weighted by atomic mass is 32.2. The number of hydrogen-bond donors (Lipinski definition) is 2. The number of methoxy groups -OCH3 is 2. The van der Waals surface area contributed by atoms with Crippen molar-refractivity contribution in [3.63, 3.8) is 0 Å². The molecule has 2 amide bonds. The van der Waals surface area contributed by atoms with E-state index in [1.54, 1.807) is 18.2 Å². The largest absolute Gasteiger partial charge is 0.481 e. The van der Waals surface area contributed by atoms with Crippen molar-refractivity contribution in [1.29, 1.82) is 0 Å². The molecular formula is C16H20N4O5S. The van der Waals surface area contributed by atoms with Gasteiger partial charge in [-0.15, -0.1) is 0 Å². The van der Waals surface area contributed by atoms with Gasteiger partial charge in [0.05, 0.1) is 25.2 Å². The van der Waals surface area contributed by atoms with Gasteiger partial charge in [-0.3, -0.25) is 5.32 Å². The molecule has 1 aromatic carbocycles. The Morgan fingerprint density at radius 3 is 2.19 bits per heavy atom. The third kappa shape index (κ3) is 4.60. The molecule has 2 N–H and O–H groups in total. The van der Waals surface area contributed by atoms with Gasteiger partial charge < -0.3 is 9.47 Å². The molecule has 0 bridgehead atoms. The SMILES string of the molecule is COc1cc(OC)nc(NC(=O)NS(=O)(=O)c2ccccc2C(C)C)n1. The number of sulfonamides is 1. The molecule has 10 heteroatoms. The topological polar surface area (TPSA) is 120 Å². The van der Waals surface area contributed by atoms with Crippen molar-refractivity contribution in [3.05, 3.63) is 35.9 Å². The molecule has 2 aromatic rings. The first-order valence-corrected chi connectivity index (χ1v) is 9.15. The van der Waals surface area contributed by atoms with E-state index in [-0.39, 0.29) is 28.5 Å². The van der Waals surface area contributed by atoms with Crippen molar-refractivity contribution in [2.24, 2.45) is 0 Å². The van der Waals surface area contributed by atoms with Crippen LogP contribution in [0.2, 0.25) is 0 Å². The predicted molar refractivity (Wildman–Crippen MR) is 95.0 cm³/mol. The van der Waals surface area contributed by atoms with E-state index in [0.29, 0.717) is 5.56 Å². The highest BCUT2D eigenvalue weighted by molar-refractivity contribution is 7.90. The minimum Gasteiger partial charge on any atom is -0.481 e. The average molecular weight is 380 g/mol. The molecule has 0 saturated heterocycles. The first kappa shape index (κ1) is 19.4. The minimum atomic E-state index is -4.07. The second-order valence-electron chi connectivity index (χ2n) is 5.53. The zero-order valence-electron chi connectivity index (χ0n) is 14.8. The number of carbonyl (C=O) groups excluding carboxylic acids is 1. The van der Waals surface area contributed by atoms with Gasteiger partial charge in [-0.25, -0.2) is 17.9 Å². The van der Waals surface area contributed by atoms with E-state index < -0.39 is 16.1 Å². The number of benzene rings is 1. The lowest BCUT2D eigenvalue weighted by Crippen LogP contribution is -2.35. The molecule has 0 aliphatic heterocycles. The van der Waals surface area contributed by atoms with Crippen LogP contribution >= 0.6 is 0 Å². The number of ether oxygens (including phenoxy) is 2. The summed E-state index contributed by atoms with van der Waals surface area (Å²) in [6.07, 6.45) is 0. The number of urea groups is 1. The highest BCUT2D eigenvalue weighted by Crippen LogP contribution is 2.23. The molecule has 0 unspecified atom stereocenters. The second kappa shape index (κ2) is 8.00. The van der Waals surface area contributed by atoms with E-state index in [1.807, 2.05) is 18.6 Å². The zero-order valence-corrected chi connectivity index (χ0v) is 15.6. The molecule has 0 radical (unpaired) electrons. The fourth-order valence-corrected chi connectivity index (χ4v) is 3.45. The summed E-state index contributed by atoms with van der Waals surface area (Å²) in [6.45, 7) is 3.73. The van der Waals surface area contributed by atoms with Gasteiger partial charge in [0.2, 0.25) is 17.7 Å². The zero-order chi connectivity index (χ0) is 19.3. The van der Waals surface area contributed by atoms with Crippen LogP contribution in [0.5, 0.6) is 11.8 Å². The summed E-state index contributed by atoms with van der Waals surface area (Å²) in [6, 6.07) is 6.89. The summed E-state index contributed by atoms with van der Waals surface area (Å²) in [5.74, 6) is 0.114. The van der Waals surface area contributed by atoms with E-state index in [0.717, 1.165) is 0 Å². The summed E-state index contributed by atoms with van der Waals surface area (Å²) in [4.78, 5) is 20.0. The Morgan fingerprint density at radius 2 is 1.65 bits per heavy atom. The van der Waals surface area contributed by atoms with Crippen molar-refractivity contribution in [1.82, 2.24) is 14.7 Å². The number of nitrogens with zero attached hydrogens (tertiary/aromatic N) is 2. The molecule has 2 rings (SSSR count). The molecule has 1 heterocycles. The smallest absolute Gasteiger partial charge is 0.335 e. The number of anilines is 1. The van der Waals surface area contributed by atoms with E-state index in [1.165, 1.54) is 26.4 Å². The van der Waals surface area contributed by atoms with Crippen LogP contribution in [-0.4, -0.2) is 38.6 Å². The maximum absolute atomic E-state index is 12.5. The Kier molecular flexibility index (Phi) is 5.98. The van der Waals surface area contributed by atoms with Crippen LogP contribution in [0.15, 0.2) is 35.2 Å². The Bertz CT molecular complexity index is 877. The first-order valence-electron chi connectivity index (χ1n) is 7.66. The number of rotatable bonds is 6. The van der Waals surface area contributed by atoms with E-state index in [4.69, 9.17) is 9.47 Å². The molecule has 0 spiro atoms. The van der Waals surface area contributed by atoms with Crippen LogP contribution in [-0.2, 0) is 10.0 Å². The molecule has 0 fully saturated rings. The first-order chi connectivity index (χ1) is 12.3. The van der Waals surface area contributed by atoms with Gasteiger partial charge in [0.25, 0.3) is 10.0 Å². The fourth-order valence-electron chi connectivity index (χ4n) is 2.18. The van der Waals surface area contributed by atoms with Gasteiger partial charge in [-0.05, 0) is 17.5 Å². The lowest BCUT2D eigenvalue weighted by Gasteiger charge is -2.14. The summed E-state index contributed by atoms with van der Waals surface area (Å²) in [5, 5.41) is 2.25. The maximum atomic E-state index is 12.5. The van der Waals surface area contributed by atoms with E-state index >= 15 is 0 Å². The van der Waals surface area contributed by atoms with Crippen molar-refractivity contribution >= 4 is 22.0 Å². The van der Waals surface area contributed by atoms with Crippen LogP contribution in [0.1, 0.15) is 25.3 Å². The van der Waals surface area contributed by atoms with E-state index in [2.05, 4.69) is 15.3 Å². The third-order valence-corrected chi connectivity index (χ3v) is 4.79. The number of hydrogen-bond acceptors (Lipinski definition) is 7. The second-order valence-corrected chi connectivity index (χ2v) is 7.18. The average Bonchev–Trinajstić information content (AvgIpc) is 2.60. The van der Waals surface area contributed by atoms with Gasteiger partial charge in [0.1, 0.15) is 0 Å². The summed E-state index contributed by atoms with van der Waals surface area (Å²) < 4.78 is 37.0. The van der Waals surface area contributed by atoms with Crippen molar-refractivity contribution in [3.8, 4) is 11.8 Å². The number of aromatic nitrogens is 2. The Morgan fingerprint density at radius 1 is 1.08 bits per heavy atom. The van der Waals surface area contributed by atoms with Crippen molar-refractivity contribution in [2.75, 3.05) is 19.5 Å². The molecule has 9 nitrogen and oxygen atoms in total. The predicted octanol–water partition coefficient (Wildman–Crippen LogP) is 2.13. The number of carbonyl (C=O) groups is 1. The fraction of sp³-hybridized carbons (Fsp3) is 0.312. The van der Waals surface area contributed by atoms with Crippen LogP contribution in [0.3, 0.4) is 0 Å². The molecule has 1 aromatic heterocycles. The van der Waals surface area contributed by atoms with Gasteiger partial charge >= 0.3 is 6.03 Å². The summed E-state index contributed by atoms with van der Waals surface area (Å²) in [5.41, 5.74) is 0.604. The lowest BCUT2D eigenvalue weighted by atomic mass is 10.0. The Hall–Kier alpha value is -2.88. The summed E-state index contributed by atoms with van der Waals surface area (Å²) in [7, 11) is -1.29. The normalized spacial score (nSPS) is 11.1. The molecule has 0 saturated carbocycles. The van der Waals surface area contributed by atoms with Crippen LogP contribution in [0.4, 0.5) is 10.7 Å². The van der Waals surface area contributed by atoms with Gasteiger partial charge in [0, 0.05) is 0 Å². The van der Waals surface area contributed by atoms with Crippen LogP contribution in [0.25, 0.3) is 0 Å². The molecule has 26 heavy (non-hydrogen) atoms. The van der Waals surface area contributed by atoms with Crippen molar-refractivity contribution < 1.29 is 22.7 Å². The maximum Gasteiger partial charge on any atom is 0.335 e. The van der Waals surface area contributed by atoms with Crippen LogP contribution < -0.4 is 19.5 Å². The monoisotopic (exact) mass is 380 g/mol. The summed E-state index contributed by atoms with van der Waals surface area (Å²) >= 11 is 0. The molecule has 0 aliphatic carbocycles. The van der Waals surface area contributed by atoms with E-state index in [9.17, 15) is 13.2 Å². The minimum absolute atomic E-state index is 0.0307. The highest BCUT2D eigenvalue weighted by Gasteiger charge is 2.22. The van der Waals surface area contributed by atoms with Gasteiger partial charge in [0.15, 0.2) is 0 Å². The standard InChI is InChI=1S/C16H20N4O5S/c1-10(2)11-7-5-6-8-12(11)26(22,23)20-16(21)19-15-17-13(24-3)9-14(18-15)25-4/h5-10H,1-4H3,(H2,17,18,19,20,21). The quantitative estimate of drug-likeness (QED) is 0.788. The Balaban J connectivity index is 2.22. The van der Waals surface area contributed by atoms with Gasteiger partial charge in [-0.1, -0.05) is 32.0 Å².